The number of carbonyl (C=O) groups is 2. The Morgan fingerprint density at radius 2 is 1.44 bits per heavy atom. The van der Waals surface area contributed by atoms with Crippen molar-refractivity contribution in [3.05, 3.63) is 75.9 Å². The van der Waals surface area contributed by atoms with Gasteiger partial charge in [0.1, 0.15) is 0 Å². The van der Waals surface area contributed by atoms with Crippen LogP contribution < -0.4 is 0 Å². The Balaban J connectivity index is 1.73. The smallest absolute Gasteiger partial charge is 0.303 e. The van der Waals surface area contributed by atoms with Crippen molar-refractivity contribution >= 4 is 74.1 Å². The predicted molar refractivity (Wildman–Crippen MR) is 175 cm³/mol. The quantitative estimate of drug-likeness (QED) is 0.199. The molecule has 3 aromatic heterocycles. The van der Waals surface area contributed by atoms with Crippen molar-refractivity contribution < 1.29 is 19.8 Å². The van der Waals surface area contributed by atoms with Crippen molar-refractivity contribution in [3.8, 4) is 0 Å². The molecule has 0 aromatic carbocycles. The number of aryl methyl sites for hydroxylation is 3. The Morgan fingerprint density at radius 3 is 2.12 bits per heavy atom. The van der Waals surface area contributed by atoms with Crippen molar-refractivity contribution in [2.75, 3.05) is 5.75 Å². The molecule has 0 spiro atoms. The number of carboxylic acid groups (broad SMARTS) is 2. The summed E-state index contributed by atoms with van der Waals surface area (Å²) in [4.78, 5) is 40.4. The lowest BCUT2D eigenvalue weighted by atomic mass is 9.99. The van der Waals surface area contributed by atoms with Crippen LogP contribution >= 0.6 is 11.8 Å². The summed E-state index contributed by atoms with van der Waals surface area (Å²) < 4.78 is 0. The summed E-state index contributed by atoms with van der Waals surface area (Å²) >= 11 is 1.91. The van der Waals surface area contributed by atoms with Gasteiger partial charge in [-0.15, -0.1) is 0 Å². The van der Waals surface area contributed by atoms with Gasteiger partial charge in [0.25, 0.3) is 0 Å². The van der Waals surface area contributed by atoms with E-state index in [-0.39, 0.29) is 12.8 Å². The summed E-state index contributed by atoms with van der Waals surface area (Å²) in [5.41, 5.74) is 14.8. The van der Waals surface area contributed by atoms with E-state index in [1.807, 2.05) is 49.9 Å². The predicted octanol–water partition coefficient (Wildman–Crippen LogP) is 7.43. The molecule has 0 saturated carbocycles. The highest BCUT2D eigenvalue weighted by Gasteiger charge is 2.33. The molecule has 8 bridgehead atoms. The number of allylic oxidation sites excluding steroid dienone is 3. The maximum atomic E-state index is 11.6. The largest absolute Gasteiger partial charge is 0.481 e. The molecule has 9 heteroatoms. The van der Waals surface area contributed by atoms with Gasteiger partial charge in [-0.1, -0.05) is 12.7 Å². The zero-order valence-corrected chi connectivity index (χ0v) is 25.5. The first kappa shape index (κ1) is 28.7. The van der Waals surface area contributed by atoms with Crippen LogP contribution in [-0.4, -0.2) is 53.1 Å². The average molecular weight is 595 g/mol. The van der Waals surface area contributed by atoms with Crippen LogP contribution in [0.5, 0.6) is 0 Å². The SMILES string of the molecule is C=Cc1c(C)c2cc3nc(cc4nc(cc5[nH]c(cc1[nH]2)c(C)c5CCC(=O)O)C(CCC(=O)O)=C4C)C(C)=C3[C@@H]1CS1. The summed E-state index contributed by atoms with van der Waals surface area (Å²) in [7, 11) is 0. The van der Waals surface area contributed by atoms with Crippen LogP contribution in [0.4, 0.5) is 0 Å². The zero-order valence-electron chi connectivity index (χ0n) is 24.7. The molecule has 1 saturated heterocycles. The van der Waals surface area contributed by atoms with E-state index in [0.717, 1.165) is 83.9 Å². The second-order valence-electron chi connectivity index (χ2n) is 11.3. The van der Waals surface area contributed by atoms with Crippen LogP contribution in [0.2, 0.25) is 0 Å². The molecule has 43 heavy (non-hydrogen) atoms. The Morgan fingerprint density at radius 1 is 0.837 bits per heavy atom. The maximum absolute atomic E-state index is 11.6. The Hall–Kier alpha value is -4.37. The standard InChI is InChI=1S/C34H34N4O4S/c1-6-20-16(2)25-13-30-34(31-15-43-31)19(5)26(38-30)11-23-17(3)21(7-9-32(39)40)28(36-23)14-29-22(8-10-33(41)42)18(4)24(37-29)12-27(20)35-25/h6,11-14,31,35,37H,1,7-10,15H2,2-5H3,(H,39,40)(H,41,42)/t31-/m0/s1. The Bertz CT molecular complexity index is 1960. The van der Waals surface area contributed by atoms with Crippen molar-refractivity contribution in [2.45, 2.75) is 58.6 Å². The summed E-state index contributed by atoms with van der Waals surface area (Å²) in [6, 6.07) is 8.12. The van der Waals surface area contributed by atoms with Crippen molar-refractivity contribution in [3.63, 3.8) is 0 Å². The number of nitrogens with one attached hydrogen (secondary N) is 2. The fourth-order valence-electron chi connectivity index (χ4n) is 6.13. The van der Waals surface area contributed by atoms with Gasteiger partial charge in [0, 0.05) is 51.5 Å². The summed E-state index contributed by atoms with van der Waals surface area (Å²) in [6.45, 7) is 12.2. The summed E-state index contributed by atoms with van der Waals surface area (Å²) in [5, 5.41) is 19.4. The monoisotopic (exact) mass is 594 g/mol. The molecule has 0 radical (unpaired) electrons. The average Bonchev–Trinajstić information content (AvgIpc) is 3.50. The van der Waals surface area contributed by atoms with E-state index in [1.165, 1.54) is 5.57 Å². The lowest BCUT2D eigenvalue weighted by Gasteiger charge is -2.03. The highest BCUT2D eigenvalue weighted by molar-refractivity contribution is 8.07. The third-order valence-electron chi connectivity index (χ3n) is 8.67. The number of nitrogens with zero attached hydrogens (tertiary/aromatic N) is 2. The van der Waals surface area contributed by atoms with Gasteiger partial charge in [-0.25, -0.2) is 9.97 Å². The van der Waals surface area contributed by atoms with Crippen LogP contribution in [0.1, 0.15) is 78.1 Å². The molecule has 3 aromatic rings. The number of hydrogen-bond donors (Lipinski definition) is 4. The number of thioether (sulfide) groups is 1. The second kappa shape index (κ2) is 11.0. The lowest BCUT2D eigenvalue weighted by Crippen LogP contribution is -1.98. The molecule has 8 nitrogen and oxygen atoms in total. The van der Waals surface area contributed by atoms with Crippen molar-refractivity contribution in [2.24, 2.45) is 0 Å². The van der Waals surface area contributed by atoms with Crippen LogP contribution in [0.15, 0.2) is 30.8 Å². The highest BCUT2D eigenvalue weighted by atomic mass is 32.2. The molecule has 1 atom stereocenters. The van der Waals surface area contributed by atoms with E-state index in [0.29, 0.717) is 23.8 Å². The molecule has 4 N–H and O–H groups in total. The van der Waals surface area contributed by atoms with Gasteiger partial charge in [-0.05, 0) is 104 Å². The first-order valence-corrected chi connectivity index (χ1v) is 15.4. The number of fused-ring (bicyclic) bond motifs is 8. The fourth-order valence-corrected chi connectivity index (χ4v) is 6.86. The minimum absolute atomic E-state index is 0.0123. The van der Waals surface area contributed by atoms with Crippen LogP contribution in [-0.2, 0) is 16.0 Å². The van der Waals surface area contributed by atoms with Gasteiger partial charge < -0.3 is 20.2 Å². The summed E-state index contributed by atoms with van der Waals surface area (Å²) in [6.07, 6.45) is 2.50. The fraction of sp³-hybridized carbons (Fsp3) is 0.294. The molecule has 1 fully saturated rings. The first-order chi connectivity index (χ1) is 20.5. The minimum Gasteiger partial charge on any atom is -0.481 e. The number of H-pyrrole nitrogens is 2. The first-order valence-electron chi connectivity index (χ1n) is 14.4. The van der Waals surface area contributed by atoms with E-state index in [4.69, 9.17) is 9.97 Å². The molecule has 0 unspecified atom stereocenters. The molecule has 0 aliphatic carbocycles. The topological polar surface area (TPSA) is 132 Å². The third kappa shape index (κ3) is 5.33. The van der Waals surface area contributed by atoms with E-state index in [1.54, 1.807) is 0 Å². The lowest BCUT2D eigenvalue weighted by molar-refractivity contribution is -0.137. The highest BCUT2D eigenvalue weighted by Crippen LogP contribution is 2.47. The van der Waals surface area contributed by atoms with Crippen molar-refractivity contribution in [1.82, 2.24) is 19.9 Å². The number of aromatic nitrogens is 4. The number of aliphatic carboxylic acids is 2. The molecule has 3 aliphatic rings. The van der Waals surface area contributed by atoms with Gasteiger partial charge >= 0.3 is 11.9 Å². The zero-order chi connectivity index (χ0) is 30.6. The molecular weight excluding hydrogens is 560 g/mol. The van der Waals surface area contributed by atoms with E-state index in [2.05, 4.69) is 36.5 Å². The molecular formula is C34H34N4O4S. The number of hydrogen-bond acceptors (Lipinski definition) is 5. The van der Waals surface area contributed by atoms with Crippen LogP contribution in [0.3, 0.4) is 0 Å². The van der Waals surface area contributed by atoms with Crippen LogP contribution in [0, 0.1) is 13.8 Å². The number of rotatable bonds is 8. The van der Waals surface area contributed by atoms with Gasteiger partial charge in [-0.2, -0.15) is 11.8 Å². The normalized spacial score (nSPS) is 16.1. The minimum atomic E-state index is -0.871. The van der Waals surface area contributed by atoms with E-state index >= 15 is 0 Å². The Labute approximate surface area is 253 Å². The molecule has 6 heterocycles. The third-order valence-corrected chi connectivity index (χ3v) is 9.57. The van der Waals surface area contributed by atoms with Gasteiger partial charge in [-0.3, -0.25) is 9.59 Å². The molecule has 3 aliphatic heterocycles. The molecule has 6 rings (SSSR count). The number of aromatic amines is 2. The summed E-state index contributed by atoms with van der Waals surface area (Å²) in [5.74, 6) is -0.673. The van der Waals surface area contributed by atoms with Crippen LogP contribution in [0.25, 0.3) is 50.4 Å². The maximum Gasteiger partial charge on any atom is 0.303 e. The van der Waals surface area contributed by atoms with Gasteiger partial charge in [0.2, 0.25) is 0 Å². The molecule has 0 amide bonds. The number of carboxylic acids is 2. The molecule has 220 valence electrons. The second-order valence-corrected chi connectivity index (χ2v) is 12.6. The Kier molecular flexibility index (Phi) is 7.38. The van der Waals surface area contributed by atoms with Gasteiger partial charge in [0.15, 0.2) is 0 Å². The van der Waals surface area contributed by atoms with Gasteiger partial charge in [0.05, 0.1) is 22.8 Å². The van der Waals surface area contributed by atoms with E-state index in [9.17, 15) is 19.8 Å². The van der Waals surface area contributed by atoms with Crippen molar-refractivity contribution in [1.29, 1.82) is 0 Å². The van der Waals surface area contributed by atoms with E-state index < -0.39 is 11.9 Å².